The first kappa shape index (κ1) is 10.5. The van der Waals surface area contributed by atoms with Crippen LogP contribution in [0.5, 0.6) is 0 Å². The van der Waals surface area contributed by atoms with Crippen LogP contribution in [0.15, 0.2) is 9.81 Å². The second-order valence-electron chi connectivity index (χ2n) is 2.20. The summed E-state index contributed by atoms with van der Waals surface area (Å²) in [5.74, 6) is 0.743. The van der Waals surface area contributed by atoms with Crippen molar-refractivity contribution in [3.63, 3.8) is 0 Å². The quantitative estimate of drug-likeness (QED) is 0.701. The number of hydrogen-bond donors (Lipinski definition) is 0. The molecule has 5 heteroatoms. The van der Waals surface area contributed by atoms with Crippen LogP contribution in [-0.2, 0) is 4.74 Å². The lowest BCUT2D eigenvalue weighted by molar-refractivity contribution is 0.140. The third kappa shape index (κ3) is 2.67. The average molecular weight is 212 g/mol. The van der Waals surface area contributed by atoms with Crippen LogP contribution in [0, 0.1) is 22.7 Å². The van der Waals surface area contributed by atoms with Crippen molar-refractivity contribution in [2.45, 2.75) is 12.4 Å². The van der Waals surface area contributed by atoms with E-state index in [2.05, 4.69) is 0 Å². The highest BCUT2D eigenvalue weighted by atomic mass is 32.2. The van der Waals surface area contributed by atoms with Crippen molar-refractivity contribution in [1.82, 2.24) is 0 Å². The largest absolute Gasteiger partial charge is 0.367 e. The molecule has 1 unspecified atom stereocenters. The van der Waals surface area contributed by atoms with Crippen LogP contribution in [-0.4, -0.2) is 17.8 Å². The summed E-state index contributed by atoms with van der Waals surface area (Å²) in [6.07, 6.45) is 0. The van der Waals surface area contributed by atoms with Gasteiger partial charge in [0, 0.05) is 12.4 Å². The van der Waals surface area contributed by atoms with Crippen LogP contribution in [0.2, 0.25) is 0 Å². The lowest BCUT2D eigenvalue weighted by Crippen LogP contribution is -2.15. The van der Waals surface area contributed by atoms with Gasteiger partial charge in [0.1, 0.15) is 27.4 Å². The van der Waals surface area contributed by atoms with Gasteiger partial charge in [0.05, 0.1) is 0 Å². The zero-order valence-corrected chi connectivity index (χ0v) is 8.74. The normalized spacial score (nSPS) is 22.2. The highest BCUT2D eigenvalue weighted by Gasteiger charge is 2.22. The standard InChI is InChI=1S/C8H8N2OS2/c1-2-11-8-5-12-6(3-9)7(4-10)13-8/h8H,2,5H2,1H3. The summed E-state index contributed by atoms with van der Waals surface area (Å²) < 4.78 is 5.36. The minimum atomic E-state index is 0.0155. The minimum Gasteiger partial charge on any atom is -0.367 e. The van der Waals surface area contributed by atoms with Crippen LogP contribution in [0.4, 0.5) is 0 Å². The second-order valence-corrected chi connectivity index (χ2v) is 4.40. The van der Waals surface area contributed by atoms with Gasteiger partial charge in [-0.05, 0) is 6.92 Å². The minimum absolute atomic E-state index is 0.0155. The first-order valence-electron chi connectivity index (χ1n) is 3.77. The molecule has 0 aromatic rings. The topological polar surface area (TPSA) is 56.8 Å². The Morgan fingerprint density at radius 3 is 2.69 bits per heavy atom. The number of hydrogen-bond acceptors (Lipinski definition) is 5. The summed E-state index contributed by atoms with van der Waals surface area (Å²) >= 11 is 2.74. The smallest absolute Gasteiger partial charge is 0.117 e. The zero-order chi connectivity index (χ0) is 9.68. The first-order valence-corrected chi connectivity index (χ1v) is 5.63. The van der Waals surface area contributed by atoms with Gasteiger partial charge in [-0.2, -0.15) is 10.5 Å². The van der Waals surface area contributed by atoms with Crippen molar-refractivity contribution >= 4 is 23.5 Å². The Labute approximate surface area is 85.7 Å². The number of nitrogens with zero attached hydrogens (tertiary/aromatic N) is 2. The van der Waals surface area contributed by atoms with Gasteiger partial charge in [0.25, 0.3) is 0 Å². The summed E-state index contributed by atoms with van der Waals surface area (Å²) in [5, 5.41) is 17.4. The number of thioether (sulfide) groups is 2. The summed E-state index contributed by atoms with van der Waals surface area (Å²) in [4.78, 5) is 1.00. The Morgan fingerprint density at radius 1 is 1.46 bits per heavy atom. The maximum Gasteiger partial charge on any atom is 0.117 e. The molecule has 1 aliphatic rings. The predicted octanol–water partition coefficient (Wildman–Crippen LogP) is 2.09. The van der Waals surface area contributed by atoms with Crippen molar-refractivity contribution in [3.8, 4) is 12.1 Å². The summed E-state index contributed by atoms with van der Waals surface area (Å²) in [5.41, 5.74) is 0.0155. The van der Waals surface area contributed by atoms with Crippen molar-refractivity contribution in [1.29, 1.82) is 10.5 Å². The molecular formula is C8H8N2OS2. The Hall–Kier alpha value is -0.620. The molecule has 1 heterocycles. The molecule has 1 aliphatic heterocycles. The fraction of sp³-hybridized carbons (Fsp3) is 0.500. The number of nitriles is 2. The molecule has 0 radical (unpaired) electrons. The lowest BCUT2D eigenvalue weighted by Gasteiger charge is -2.19. The Bertz CT molecular complexity index is 300. The van der Waals surface area contributed by atoms with E-state index in [4.69, 9.17) is 15.3 Å². The van der Waals surface area contributed by atoms with E-state index in [9.17, 15) is 0 Å². The van der Waals surface area contributed by atoms with E-state index in [1.165, 1.54) is 23.5 Å². The van der Waals surface area contributed by atoms with Crippen LogP contribution >= 0.6 is 23.5 Å². The summed E-state index contributed by atoms with van der Waals surface area (Å²) in [7, 11) is 0. The van der Waals surface area contributed by atoms with E-state index < -0.39 is 0 Å². The Balaban J connectivity index is 2.69. The molecule has 13 heavy (non-hydrogen) atoms. The Morgan fingerprint density at radius 2 is 2.15 bits per heavy atom. The number of ether oxygens (including phenoxy) is 1. The molecular weight excluding hydrogens is 204 g/mol. The molecule has 0 fully saturated rings. The molecule has 68 valence electrons. The highest BCUT2D eigenvalue weighted by Crippen LogP contribution is 2.37. The van der Waals surface area contributed by atoms with Gasteiger partial charge in [-0.3, -0.25) is 0 Å². The molecule has 0 aliphatic carbocycles. The monoisotopic (exact) mass is 212 g/mol. The third-order valence-electron chi connectivity index (χ3n) is 1.37. The molecule has 1 rings (SSSR count). The third-order valence-corrected chi connectivity index (χ3v) is 3.87. The molecule has 0 amide bonds. The van der Waals surface area contributed by atoms with Crippen molar-refractivity contribution in [2.24, 2.45) is 0 Å². The Kier molecular flexibility index (Phi) is 4.17. The van der Waals surface area contributed by atoms with Crippen molar-refractivity contribution < 1.29 is 4.74 Å². The fourth-order valence-electron chi connectivity index (χ4n) is 0.864. The second kappa shape index (κ2) is 5.18. The molecule has 3 nitrogen and oxygen atoms in total. The van der Waals surface area contributed by atoms with Crippen LogP contribution in [0.1, 0.15) is 6.92 Å². The summed E-state index contributed by atoms with van der Waals surface area (Å²) in [6, 6.07) is 4.02. The number of rotatable bonds is 2. The van der Waals surface area contributed by atoms with Crippen LogP contribution in [0.3, 0.4) is 0 Å². The van der Waals surface area contributed by atoms with E-state index in [-0.39, 0.29) is 5.44 Å². The van der Waals surface area contributed by atoms with Crippen molar-refractivity contribution in [3.05, 3.63) is 9.81 Å². The van der Waals surface area contributed by atoms with Crippen LogP contribution < -0.4 is 0 Å². The molecule has 0 spiro atoms. The maximum absolute atomic E-state index is 8.73. The molecule has 0 aromatic carbocycles. The lowest BCUT2D eigenvalue weighted by atomic mass is 10.5. The van der Waals surface area contributed by atoms with Crippen molar-refractivity contribution in [2.75, 3.05) is 12.4 Å². The molecule has 0 saturated carbocycles. The average Bonchev–Trinajstić information content (AvgIpc) is 2.18. The van der Waals surface area contributed by atoms with E-state index in [1.54, 1.807) is 0 Å². The summed E-state index contributed by atoms with van der Waals surface area (Å²) in [6.45, 7) is 2.56. The fourth-order valence-corrected chi connectivity index (χ4v) is 2.97. The van der Waals surface area contributed by atoms with Gasteiger partial charge >= 0.3 is 0 Å². The van der Waals surface area contributed by atoms with Crippen LogP contribution in [0.25, 0.3) is 0 Å². The van der Waals surface area contributed by atoms with E-state index in [0.29, 0.717) is 16.4 Å². The van der Waals surface area contributed by atoms with E-state index in [1.807, 2.05) is 19.1 Å². The highest BCUT2D eigenvalue weighted by molar-refractivity contribution is 8.10. The molecule has 0 bridgehead atoms. The zero-order valence-electron chi connectivity index (χ0n) is 7.11. The van der Waals surface area contributed by atoms with Gasteiger partial charge < -0.3 is 4.74 Å². The molecule has 1 atom stereocenters. The maximum atomic E-state index is 8.73. The molecule has 0 saturated heterocycles. The SMILES string of the molecule is CCOC1CSC(C#N)=C(C#N)S1. The molecule has 0 N–H and O–H groups in total. The van der Waals surface area contributed by atoms with Gasteiger partial charge in [0.2, 0.25) is 0 Å². The number of allylic oxidation sites excluding steroid dienone is 2. The first-order chi connectivity index (χ1) is 6.31. The van der Waals surface area contributed by atoms with Gasteiger partial charge in [0.15, 0.2) is 0 Å². The van der Waals surface area contributed by atoms with Gasteiger partial charge in [-0.25, -0.2) is 0 Å². The van der Waals surface area contributed by atoms with Gasteiger partial charge in [-0.15, -0.1) is 11.8 Å². The van der Waals surface area contributed by atoms with Gasteiger partial charge in [-0.1, -0.05) is 11.8 Å². The van der Waals surface area contributed by atoms with E-state index >= 15 is 0 Å². The molecule has 0 aromatic heterocycles. The predicted molar refractivity (Wildman–Crippen MR) is 53.7 cm³/mol. The van der Waals surface area contributed by atoms with E-state index in [0.717, 1.165) is 5.75 Å².